The van der Waals surface area contributed by atoms with Crippen LogP contribution in [0.1, 0.15) is 71.0 Å². The number of halogens is 2. The zero-order valence-corrected chi connectivity index (χ0v) is 26.4. The molecule has 0 aliphatic rings. The average Bonchev–Trinajstić information content (AvgIpc) is 3.59. The Hall–Kier alpha value is -4.48. The van der Waals surface area contributed by atoms with E-state index >= 15 is 0 Å². The third-order valence-electron chi connectivity index (χ3n) is 7.50. The molecule has 0 aliphatic heterocycles. The van der Waals surface area contributed by atoms with Crippen LogP contribution < -0.4 is 10.6 Å². The fourth-order valence-corrected chi connectivity index (χ4v) is 5.26. The number of pyridine rings is 1. The Morgan fingerprint density at radius 3 is 2.26 bits per heavy atom. The fourth-order valence-electron chi connectivity index (χ4n) is 5.26. The van der Waals surface area contributed by atoms with E-state index < -0.39 is 29.7 Å². The number of nitrogens with one attached hydrogen (secondary N) is 2. The molecule has 3 N–H and O–H groups in total. The normalized spacial score (nSPS) is 12.5. The summed E-state index contributed by atoms with van der Waals surface area (Å²) in [5, 5.41) is 17.3. The van der Waals surface area contributed by atoms with Gasteiger partial charge in [-0.2, -0.15) is 0 Å². The predicted octanol–water partition coefficient (Wildman–Crippen LogP) is 5.33. The van der Waals surface area contributed by atoms with Gasteiger partial charge in [0, 0.05) is 61.3 Å². The van der Waals surface area contributed by atoms with Crippen LogP contribution in [-0.2, 0) is 19.4 Å². The van der Waals surface area contributed by atoms with Crippen LogP contribution in [0.4, 0.5) is 8.78 Å². The van der Waals surface area contributed by atoms with E-state index in [1.165, 1.54) is 30.7 Å². The number of oxazole rings is 1. The highest BCUT2D eigenvalue weighted by atomic mass is 19.1. The van der Waals surface area contributed by atoms with Crippen molar-refractivity contribution in [2.45, 2.75) is 65.1 Å². The van der Waals surface area contributed by atoms with Crippen molar-refractivity contribution in [2.24, 2.45) is 0 Å². The monoisotopic (exact) mass is 633 g/mol. The van der Waals surface area contributed by atoms with Gasteiger partial charge in [0.15, 0.2) is 0 Å². The molecular formula is C35H41F2N5O4. The van der Waals surface area contributed by atoms with Gasteiger partial charge in [-0.15, -0.1) is 0 Å². The highest BCUT2D eigenvalue weighted by molar-refractivity contribution is 6.01. The van der Waals surface area contributed by atoms with E-state index in [1.807, 2.05) is 26.8 Å². The number of nitrogens with zero attached hydrogens (tertiary/aromatic N) is 3. The molecule has 0 saturated carbocycles. The summed E-state index contributed by atoms with van der Waals surface area (Å²) in [6.07, 6.45) is 7.58. The lowest BCUT2D eigenvalue weighted by atomic mass is 9.99. The average molecular weight is 634 g/mol. The van der Waals surface area contributed by atoms with Gasteiger partial charge in [-0.3, -0.25) is 14.6 Å². The molecule has 0 radical (unpaired) electrons. The largest absolute Gasteiger partial charge is 0.445 e. The first-order chi connectivity index (χ1) is 22.2. The van der Waals surface area contributed by atoms with Crippen molar-refractivity contribution < 1.29 is 27.9 Å². The lowest BCUT2D eigenvalue weighted by Gasteiger charge is -2.25. The molecule has 2 atom stereocenters. The molecule has 2 aromatic heterocycles. The third kappa shape index (κ3) is 9.51. The molecular weight excluding hydrogens is 592 g/mol. The minimum Gasteiger partial charge on any atom is -0.445 e. The SMILES string of the molecule is CCCN(CCC)C(=O)c1cc(C(=O)N[C@@H](Cc2cc(F)cc(F)c2)[C@H](O)CNCc2cncc(CC)c2)cc(-c2ncco2)c1. The summed E-state index contributed by atoms with van der Waals surface area (Å²) in [7, 11) is 0. The Labute approximate surface area is 268 Å². The first kappa shape index (κ1) is 34.4. The molecule has 4 rings (SSSR count). The van der Waals surface area contributed by atoms with Crippen molar-refractivity contribution >= 4 is 11.8 Å². The van der Waals surface area contributed by atoms with Crippen LogP contribution in [0.25, 0.3) is 11.5 Å². The van der Waals surface area contributed by atoms with E-state index in [2.05, 4.69) is 20.6 Å². The fraction of sp³-hybridized carbons (Fsp3) is 0.371. The number of hydrogen-bond donors (Lipinski definition) is 3. The van der Waals surface area contributed by atoms with E-state index in [-0.39, 0.29) is 41.5 Å². The van der Waals surface area contributed by atoms with Gasteiger partial charge in [0.25, 0.3) is 11.8 Å². The summed E-state index contributed by atoms with van der Waals surface area (Å²) < 4.78 is 33.6. The Kier molecular flexibility index (Phi) is 12.5. The Balaban J connectivity index is 1.60. The molecule has 9 nitrogen and oxygen atoms in total. The number of aryl methyl sites for hydroxylation is 1. The minimum absolute atomic E-state index is 0.0534. The van der Waals surface area contributed by atoms with Gasteiger partial charge in [-0.25, -0.2) is 13.8 Å². The van der Waals surface area contributed by atoms with Gasteiger partial charge in [0.05, 0.1) is 18.3 Å². The summed E-state index contributed by atoms with van der Waals surface area (Å²) in [5.41, 5.74) is 3.14. The van der Waals surface area contributed by atoms with Crippen LogP contribution in [-0.4, -0.2) is 63.6 Å². The van der Waals surface area contributed by atoms with E-state index in [1.54, 1.807) is 29.4 Å². The molecule has 0 unspecified atom stereocenters. The Morgan fingerprint density at radius 2 is 1.61 bits per heavy atom. The number of aliphatic hydroxyl groups excluding tert-OH is 1. The van der Waals surface area contributed by atoms with Crippen LogP contribution in [0.5, 0.6) is 0 Å². The van der Waals surface area contributed by atoms with Gasteiger partial charge < -0.3 is 25.1 Å². The summed E-state index contributed by atoms with van der Waals surface area (Å²) in [6, 6.07) is 8.86. The first-order valence-electron chi connectivity index (χ1n) is 15.6. The number of aliphatic hydroxyl groups is 1. The Morgan fingerprint density at radius 1 is 0.913 bits per heavy atom. The van der Waals surface area contributed by atoms with Gasteiger partial charge in [-0.1, -0.05) is 26.8 Å². The van der Waals surface area contributed by atoms with Gasteiger partial charge in [-0.05, 0) is 72.7 Å². The van der Waals surface area contributed by atoms with Gasteiger partial charge in [0.2, 0.25) is 5.89 Å². The van der Waals surface area contributed by atoms with E-state index in [0.29, 0.717) is 25.2 Å². The highest BCUT2D eigenvalue weighted by Crippen LogP contribution is 2.23. The predicted molar refractivity (Wildman–Crippen MR) is 171 cm³/mol. The number of amides is 2. The molecule has 2 heterocycles. The summed E-state index contributed by atoms with van der Waals surface area (Å²) in [4.78, 5) is 37.5. The highest BCUT2D eigenvalue weighted by Gasteiger charge is 2.25. The molecule has 2 aromatic carbocycles. The molecule has 0 aliphatic carbocycles. The zero-order valence-electron chi connectivity index (χ0n) is 26.4. The quantitative estimate of drug-likeness (QED) is 0.153. The molecule has 2 amide bonds. The lowest BCUT2D eigenvalue weighted by Crippen LogP contribution is -2.48. The second-order valence-electron chi connectivity index (χ2n) is 11.2. The van der Waals surface area contributed by atoms with E-state index in [9.17, 15) is 23.5 Å². The van der Waals surface area contributed by atoms with Gasteiger partial charge in [0.1, 0.15) is 17.9 Å². The lowest BCUT2D eigenvalue weighted by molar-refractivity contribution is 0.0755. The van der Waals surface area contributed by atoms with E-state index in [0.717, 1.165) is 36.5 Å². The summed E-state index contributed by atoms with van der Waals surface area (Å²) in [5.74, 6) is -2.11. The van der Waals surface area contributed by atoms with E-state index in [4.69, 9.17) is 4.42 Å². The molecule has 0 fully saturated rings. The maximum Gasteiger partial charge on any atom is 0.253 e. The number of rotatable bonds is 16. The van der Waals surface area contributed by atoms with Crippen molar-refractivity contribution in [1.82, 2.24) is 25.5 Å². The zero-order chi connectivity index (χ0) is 33.1. The van der Waals surface area contributed by atoms with Crippen LogP contribution in [0, 0.1) is 11.6 Å². The number of hydrogen-bond acceptors (Lipinski definition) is 7. The van der Waals surface area contributed by atoms with Crippen molar-refractivity contribution in [3.05, 3.63) is 107 Å². The Bertz CT molecular complexity index is 1570. The molecule has 46 heavy (non-hydrogen) atoms. The summed E-state index contributed by atoms with van der Waals surface area (Å²) in [6.45, 7) is 7.62. The standard InChI is InChI=1S/C35H41F2N5O4/c1-4-8-42(9-5-2)35(45)28-16-26(15-27(17-28)34-40-7-10-46-34)33(44)41-31(14-24-12-29(36)18-30(37)13-24)32(43)22-39-21-25-11-23(6-3)19-38-20-25/h7,10-13,15-20,31-32,39,43H,4-6,8-9,14,21-22H2,1-3H3,(H,41,44)/t31-,32+/m0/s1. The van der Waals surface area contributed by atoms with Crippen LogP contribution in [0.3, 0.4) is 0 Å². The number of aromatic nitrogens is 2. The number of benzene rings is 2. The second kappa shape index (κ2) is 16.7. The van der Waals surface area contributed by atoms with Crippen molar-refractivity contribution in [3.8, 4) is 11.5 Å². The van der Waals surface area contributed by atoms with Crippen molar-refractivity contribution in [3.63, 3.8) is 0 Å². The van der Waals surface area contributed by atoms with Crippen molar-refractivity contribution in [1.29, 1.82) is 0 Å². The molecule has 0 saturated heterocycles. The molecule has 0 bridgehead atoms. The second-order valence-corrected chi connectivity index (χ2v) is 11.2. The first-order valence-corrected chi connectivity index (χ1v) is 15.6. The van der Waals surface area contributed by atoms with Gasteiger partial charge >= 0.3 is 0 Å². The smallest absolute Gasteiger partial charge is 0.253 e. The number of carbonyl (C=O) groups is 2. The molecule has 4 aromatic rings. The third-order valence-corrected chi connectivity index (χ3v) is 7.50. The molecule has 244 valence electrons. The topological polar surface area (TPSA) is 121 Å². The van der Waals surface area contributed by atoms with Crippen LogP contribution >= 0.6 is 0 Å². The number of carbonyl (C=O) groups excluding carboxylic acids is 2. The summed E-state index contributed by atoms with van der Waals surface area (Å²) >= 11 is 0. The maximum atomic E-state index is 14.1. The van der Waals surface area contributed by atoms with Crippen LogP contribution in [0.15, 0.2) is 71.7 Å². The maximum absolute atomic E-state index is 14.1. The molecule has 11 heteroatoms. The molecule has 0 spiro atoms. The van der Waals surface area contributed by atoms with Crippen molar-refractivity contribution in [2.75, 3.05) is 19.6 Å². The van der Waals surface area contributed by atoms with Crippen LogP contribution in [0.2, 0.25) is 0 Å². The minimum atomic E-state index is -1.14.